The highest BCUT2D eigenvalue weighted by molar-refractivity contribution is 7.15. The summed E-state index contributed by atoms with van der Waals surface area (Å²) in [5.74, 6) is -0.156. The van der Waals surface area contributed by atoms with Crippen molar-refractivity contribution in [1.29, 1.82) is 0 Å². The number of aromatic nitrogens is 4. The van der Waals surface area contributed by atoms with Crippen molar-refractivity contribution in [3.63, 3.8) is 0 Å². The summed E-state index contributed by atoms with van der Waals surface area (Å²) in [6.45, 7) is 1.65. The first-order valence-corrected chi connectivity index (χ1v) is 9.92. The number of rotatable bonds is 5. The molecule has 0 saturated heterocycles. The van der Waals surface area contributed by atoms with E-state index in [1.54, 1.807) is 55.8 Å². The predicted molar refractivity (Wildman–Crippen MR) is 111 cm³/mol. The largest absolute Gasteiger partial charge is 0.433 e. The summed E-state index contributed by atoms with van der Waals surface area (Å²) in [7, 11) is 0. The van der Waals surface area contributed by atoms with Gasteiger partial charge in [0.05, 0.1) is 4.88 Å². The summed E-state index contributed by atoms with van der Waals surface area (Å²) in [5.41, 5.74) is -0.411. The lowest BCUT2D eigenvalue weighted by atomic mass is 9.99. The van der Waals surface area contributed by atoms with Gasteiger partial charge in [-0.15, -0.1) is 11.3 Å². The summed E-state index contributed by atoms with van der Waals surface area (Å²) >= 11 is 1.31. The van der Waals surface area contributed by atoms with Crippen LogP contribution in [0.2, 0.25) is 0 Å². The highest BCUT2D eigenvalue weighted by Gasteiger charge is 2.33. The molecule has 3 aromatic heterocycles. The van der Waals surface area contributed by atoms with E-state index in [0.29, 0.717) is 16.3 Å². The number of benzene rings is 1. The molecular formula is C21H16F3N5OS. The Hall–Kier alpha value is -3.37. The van der Waals surface area contributed by atoms with Gasteiger partial charge in [0, 0.05) is 36.0 Å². The molecule has 3 heterocycles. The number of pyridine rings is 1. The molecule has 31 heavy (non-hydrogen) atoms. The first-order chi connectivity index (χ1) is 14.7. The Balaban J connectivity index is 1.59. The van der Waals surface area contributed by atoms with Gasteiger partial charge in [-0.1, -0.05) is 18.2 Å². The van der Waals surface area contributed by atoms with Gasteiger partial charge < -0.3 is 10.4 Å². The number of nitrogens with one attached hydrogen (secondary N) is 1. The van der Waals surface area contributed by atoms with E-state index in [1.807, 2.05) is 6.07 Å². The van der Waals surface area contributed by atoms with Crippen LogP contribution in [0.1, 0.15) is 23.2 Å². The highest BCUT2D eigenvalue weighted by Crippen LogP contribution is 2.36. The molecule has 0 aliphatic rings. The van der Waals surface area contributed by atoms with Crippen molar-refractivity contribution < 1.29 is 18.3 Å². The fraction of sp³-hybridized carbons (Fsp3) is 0.143. The van der Waals surface area contributed by atoms with Crippen molar-refractivity contribution in [2.45, 2.75) is 18.7 Å². The SMILES string of the molecule is CC(O)(c1cccnc1)c1ncc(-c2cccc(Nc3nccc(C(F)(F)F)n3)c2)s1. The zero-order valence-corrected chi connectivity index (χ0v) is 16.9. The Kier molecular flexibility index (Phi) is 5.42. The van der Waals surface area contributed by atoms with Crippen LogP contribution in [0.4, 0.5) is 24.8 Å². The molecule has 1 aromatic carbocycles. The van der Waals surface area contributed by atoms with E-state index in [9.17, 15) is 18.3 Å². The van der Waals surface area contributed by atoms with Gasteiger partial charge in [-0.2, -0.15) is 13.2 Å². The summed E-state index contributed by atoms with van der Waals surface area (Å²) in [4.78, 5) is 16.6. The van der Waals surface area contributed by atoms with Gasteiger partial charge in [0.25, 0.3) is 0 Å². The zero-order chi connectivity index (χ0) is 22.1. The second kappa shape index (κ2) is 8.05. The van der Waals surface area contributed by atoms with Crippen LogP contribution in [0.25, 0.3) is 10.4 Å². The maximum absolute atomic E-state index is 12.9. The second-order valence-electron chi connectivity index (χ2n) is 6.81. The number of anilines is 2. The smallest absolute Gasteiger partial charge is 0.378 e. The zero-order valence-electron chi connectivity index (χ0n) is 16.1. The number of hydrogen-bond acceptors (Lipinski definition) is 7. The minimum absolute atomic E-state index is 0.156. The van der Waals surface area contributed by atoms with Gasteiger partial charge in [-0.3, -0.25) is 4.98 Å². The topological polar surface area (TPSA) is 83.8 Å². The lowest BCUT2D eigenvalue weighted by molar-refractivity contribution is -0.141. The third-order valence-corrected chi connectivity index (χ3v) is 5.75. The van der Waals surface area contributed by atoms with E-state index in [1.165, 1.54) is 11.3 Å². The number of nitrogens with zero attached hydrogens (tertiary/aromatic N) is 4. The molecule has 10 heteroatoms. The summed E-state index contributed by atoms with van der Waals surface area (Å²) < 4.78 is 38.6. The van der Waals surface area contributed by atoms with Crippen LogP contribution in [-0.2, 0) is 11.8 Å². The fourth-order valence-corrected chi connectivity index (χ4v) is 3.84. The van der Waals surface area contributed by atoms with E-state index >= 15 is 0 Å². The molecule has 1 atom stereocenters. The van der Waals surface area contributed by atoms with Gasteiger partial charge in [-0.25, -0.2) is 15.0 Å². The van der Waals surface area contributed by atoms with Crippen LogP contribution < -0.4 is 5.32 Å². The average molecular weight is 443 g/mol. The van der Waals surface area contributed by atoms with Crippen LogP contribution in [0.5, 0.6) is 0 Å². The molecule has 1 unspecified atom stereocenters. The quantitative estimate of drug-likeness (QED) is 0.451. The third-order valence-electron chi connectivity index (χ3n) is 4.50. The van der Waals surface area contributed by atoms with Crippen molar-refractivity contribution in [3.05, 3.63) is 83.5 Å². The fourth-order valence-electron chi connectivity index (χ4n) is 2.86. The van der Waals surface area contributed by atoms with E-state index in [2.05, 4.69) is 25.3 Å². The number of alkyl halides is 3. The molecule has 0 saturated carbocycles. The number of aliphatic hydroxyl groups is 1. The highest BCUT2D eigenvalue weighted by atomic mass is 32.1. The molecule has 0 aliphatic carbocycles. The predicted octanol–water partition coefficient (Wildman–Crippen LogP) is 5.01. The molecule has 4 aromatic rings. The van der Waals surface area contributed by atoms with E-state index in [-0.39, 0.29) is 5.95 Å². The van der Waals surface area contributed by atoms with Crippen LogP contribution in [0.3, 0.4) is 0 Å². The Morgan fingerprint density at radius 3 is 2.58 bits per heavy atom. The third kappa shape index (κ3) is 4.54. The van der Waals surface area contributed by atoms with Crippen molar-refractivity contribution >= 4 is 23.0 Å². The van der Waals surface area contributed by atoms with Crippen molar-refractivity contribution in [1.82, 2.24) is 19.9 Å². The van der Waals surface area contributed by atoms with Gasteiger partial charge >= 0.3 is 6.18 Å². The standard InChI is InChI=1S/C21H16F3N5OS/c1-20(30,14-5-3-8-25-11-14)18-27-12-16(31-18)13-4-2-6-15(10-13)28-19-26-9-7-17(29-19)21(22,23)24/h2-12,30H,1H3,(H,26,28,29). The van der Waals surface area contributed by atoms with E-state index < -0.39 is 17.5 Å². The van der Waals surface area contributed by atoms with E-state index in [4.69, 9.17) is 0 Å². The number of halogens is 3. The van der Waals surface area contributed by atoms with Gasteiger partial charge in [0.1, 0.15) is 16.3 Å². The number of thiazole rings is 1. The van der Waals surface area contributed by atoms with E-state index in [0.717, 1.165) is 22.7 Å². The maximum atomic E-state index is 12.9. The molecule has 6 nitrogen and oxygen atoms in total. The molecule has 0 aliphatic heterocycles. The molecule has 0 radical (unpaired) electrons. The van der Waals surface area contributed by atoms with Crippen LogP contribution in [0, 0.1) is 0 Å². The Bertz CT molecular complexity index is 1190. The second-order valence-corrected chi connectivity index (χ2v) is 7.84. The van der Waals surface area contributed by atoms with Crippen molar-refractivity contribution in [3.8, 4) is 10.4 Å². The minimum Gasteiger partial charge on any atom is -0.378 e. The summed E-state index contributed by atoms with van der Waals surface area (Å²) in [6.07, 6.45) is 1.36. The Morgan fingerprint density at radius 2 is 1.84 bits per heavy atom. The molecule has 0 bridgehead atoms. The first kappa shape index (κ1) is 20.9. The van der Waals surface area contributed by atoms with Crippen LogP contribution in [-0.4, -0.2) is 25.0 Å². The minimum atomic E-state index is -4.55. The molecule has 0 spiro atoms. The number of hydrogen-bond donors (Lipinski definition) is 2. The Morgan fingerprint density at radius 1 is 1.00 bits per heavy atom. The van der Waals surface area contributed by atoms with Crippen molar-refractivity contribution in [2.75, 3.05) is 5.32 Å². The van der Waals surface area contributed by atoms with Gasteiger partial charge in [-0.05, 0) is 36.8 Å². The molecule has 0 fully saturated rings. The van der Waals surface area contributed by atoms with Crippen molar-refractivity contribution in [2.24, 2.45) is 0 Å². The first-order valence-electron chi connectivity index (χ1n) is 9.10. The molecule has 4 rings (SSSR count). The summed E-state index contributed by atoms with van der Waals surface area (Å²) in [5, 5.41) is 14.2. The average Bonchev–Trinajstić information content (AvgIpc) is 3.26. The molecule has 158 valence electrons. The lowest BCUT2D eigenvalue weighted by Gasteiger charge is -2.20. The normalized spacial score (nSPS) is 13.6. The molecular weight excluding hydrogens is 427 g/mol. The monoisotopic (exact) mass is 443 g/mol. The van der Waals surface area contributed by atoms with Gasteiger partial charge in [0.15, 0.2) is 0 Å². The molecule has 0 amide bonds. The lowest BCUT2D eigenvalue weighted by Crippen LogP contribution is -2.22. The molecule has 2 N–H and O–H groups in total. The maximum Gasteiger partial charge on any atom is 0.433 e. The summed E-state index contributed by atoms with van der Waals surface area (Å²) in [6, 6.07) is 11.4. The van der Waals surface area contributed by atoms with Crippen LogP contribution in [0.15, 0.2) is 67.3 Å². The Labute approximate surface area is 179 Å². The van der Waals surface area contributed by atoms with Crippen LogP contribution >= 0.6 is 11.3 Å². The van der Waals surface area contributed by atoms with Gasteiger partial charge in [0.2, 0.25) is 5.95 Å².